The summed E-state index contributed by atoms with van der Waals surface area (Å²) in [4.78, 5) is 39.7. The lowest BCUT2D eigenvalue weighted by Gasteiger charge is -2.46. The number of fused-ring (bicyclic) bond motifs is 3. The van der Waals surface area contributed by atoms with Gasteiger partial charge in [-0.25, -0.2) is 0 Å². The van der Waals surface area contributed by atoms with Crippen molar-refractivity contribution < 1.29 is 34.8 Å². The van der Waals surface area contributed by atoms with Crippen LogP contribution in [0, 0.1) is 11.8 Å². The number of carbonyl (C=O) groups is 3. The first kappa shape index (κ1) is 25.7. The maximum absolute atomic E-state index is 13.6. The smallest absolute Gasteiger partial charge is 0.255 e. The molecule has 1 aromatic carbocycles. The molecule has 0 spiro atoms. The summed E-state index contributed by atoms with van der Waals surface area (Å²) in [5.41, 5.74) is 9.38. The molecule has 194 valence electrons. The summed E-state index contributed by atoms with van der Waals surface area (Å²) in [6, 6.07) is 1.69. The van der Waals surface area contributed by atoms with E-state index in [0.29, 0.717) is 17.7 Å². The van der Waals surface area contributed by atoms with Crippen molar-refractivity contribution in [2.24, 2.45) is 23.3 Å². The summed E-state index contributed by atoms with van der Waals surface area (Å²) in [5, 5.41) is 47.6. The van der Waals surface area contributed by atoms with E-state index in [0.717, 1.165) is 5.69 Å². The molecule has 1 saturated carbocycles. The Hall–Kier alpha value is -3.41. The van der Waals surface area contributed by atoms with E-state index in [1.807, 2.05) is 25.9 Å². The monoisotopic (exact) mass is 500 g/mol. The number of carbonyl (C=O) groups excluding carboxylic acids is 3. The molecule has 1 aromatic rings. The van der Waals surface area contributed by atoms with E-state index >= 15 is 0 Å². The Morgan fingerprint density at radius 2 is 1.92 bits per heavy atom. The van der Waals surface area contributed by atoms with Gasteiger partial charge in [0, 0.05) is 62.4 Å². The van der Waals surface area contributed by atoms with Crippen molar-refractivity contribution in [1.29, 1.82) is 0 Å². The van der Waals surface area contributed by atoms with Crippen LogP contribution in [-0.4, -0.2) is 70.2 Å². The predicted octanol–water partition coefficient (Wildman–Crippen LogP) is -0.0733. The molecule has 1 unspecified atom stereocenters. The second kappa shape index (κ2) is 8.91. The van der Waals surface area contributed by atoms with E-state index in [1.54, 1.807) is 6.07 Å². The van der Waals surface area contributed by atoms with Gasteiger partial charge in [-0.1, -0.05) is 0 Å². The van der Waals surface area contributed by atoms with Crippen LogP contribution < -0.4 is 21.7 Å². The Kier molecular flexibility index (Phi) is 6.36. The minimum absolute atomic E-state index is 0.0749. The number of rotatable bonds is 6. The molecule has 1 amide bonds. The van der Waals surface area contributed by atoms with E-state index in [4.69, 9.17) is 11.5 Å². The molecule has 0 heterocycles. The third-order valence-electron chi connectivity index (χ3n) is 7.38. The van der Waals surface area contributed by atoms with Crippen molar-refractivity contribution in [3.63, 3.8) is 0 Å². The van der Waals surface area contributed by atoms with Crippen molar-refractivity contribution >= 4 is 28.9 Å². The van der Waals surface area contributed by atoms with Gasteiger partial charge >= 0.3 is 0 Å². The zero-order valence-corrected chi connectivity index (χ0v) is 20.5. The molecule has 11 nitrogen and oxygen atoms in total. The van der Waals surface area contributed by atoms with Gasteiger partial charge in [0.1, 0.15) is 22.8 Å². The molecular weight excluding hydrogens is 468 g/mol. The first-order valence-corrected chi connectivity index (χ1v) is 11.8. The molecule has 9 N–H and O–H groups in total. The van der Waals surface area contributed by atoms with Crippen LogP contribution in [0.3, 0.4) is 0 Å². The first-order valence-electron chi connectivity index (χ1n) is 11.8. The number of primary amides is 1. The van der Waals surface area contributed by atoms with E-state index in [2.05, 4.69) is 5.32 Å². The van der Waals surface area contributed by atoms with Gasteiger partial charge in [0.25, 0.3) is 5.91 Å². The molecule has 0 radical (unpaired) electrons. The maximum atomic E-state index is 13.6. The molecule has 0 aliphatic heterocycles. The number of aliphatic hydroxyl groups excluding tert-OH is 2. The number of aliphatic hydroxyl groups is 3. The van der Waals surface area contributed by atoms with Crippen LogP contribution in [-0.2, 0) is 27.3 Å². The number of hydrogen-bond donors (Lipinski definition) is 7. The number of nitrogens with one attached hydrogen (secondary N) is 1. The molecule has 3 aliphatic carbocycles. The number of aromatic hydroxyl groups is 1. The topological polar surface area (TPSA) is 199 Å². The number of nitrogens with zero attached hydrogens (tertiary/aromatic N) is 1. The van der Waals surface area contributed by atoms with Gasteiger partial charge in [0.05, 0.1) is 5.56 Å². The van der Waals surface area contributed by atoms with Crippen LogP contribution in [0.25, 0.3) is 5.76 Å². The Morgan fingerprint density at radius 1 is 1.25 bits per heavy atom. The number of ketones is 2. The van der Waals surface area contributed by atoms with Gasteiger partial charge in [-0.05, 0) is 37.3 Å². The van der Waals surface area contributed by atoms with Gasteiger partial charge < -0.3 is 42.1 Å². The Morgan fingerprint density at radius 3 is 2.50 bits per heavy atom. The zero-order chi connectivity index (χ0) is 26.7. The summed E-state index contributed by atoms with van der Waals surface area (Å²) in [6.45, 7) is 2.57. The lowest BCUT2D eigenvalue weighted by atomic mass is 9.59. The molecular formula is C25H32N4O7. The van der Waals surface area contributed by atoms with Crippen molar-refractivity contribution in [2.75, 3.05) is 25.5 Å². The lowest BCUT2D eigenvalue weighted by Crippen LogP contribution is -2.58. The maximum Gasteiger partial charge on any atom is 0.255 e. The fraction of sp³-hybridized carbons (Fsp3) is 0.480. The van der Waals surface area contributed by atoms with Crippen molar-refractivity contribution in [1.82, 2.24) is 5.32 Å². The minimum atomic E-state index is -2.58. The summed E-state index contributed by atoms with van der Waals surface area (Å²) < 4.78 is 0. The average molecular weight is 501 g/mol. The quantitative estimate of drug-likeness (QED) is 0.259. The number of benzene rings is 1. The van der Waals surface area contributed by atoms with Crippen LogP contribution in [0.15, 0.2) is 23.0 Å². The SMILES string of the molecule is CC(N)CNCc1cc(N(C)C)c2c(c1O)C(O)=C1C(=O)[C@]3(O)C(O)=C(C(N)=O)C(=O)C[C@@H]3C[C@@H]1C2. The Bertz CT molecular complexity index is 1230. The molecule has 0 bridgehead atoms. The van der Waals surface area contributed by atoms with Gasteiger partial charge in [-0.15, -0.1) is 0 Å². The highest BCUT2D eigenvalue weighted by Crippen LogP contribution is 2.53. The standard InChI is InChI=1S/C25H32N4O7/c1-10(26)8-28-9-12-6-15(29(2)3)14-5-11-4-13-7-16(30)19(24(27)35)23(34)25(13,36)22(33)17(11)21(32)18(14)20(12)31/h6,10-11,13,28,31-32,34,36H,4-5,7-9,26H2,1-3H3,(H2,27,35)/t10?,11-,13+,25+/m1/s1. The summed E-state index contributed by atoms with van der Waals surface area (Å²) in [7, 11) is 3.64. The van der Waals surface area contributed by atoms with Crippen molar-refractivity contribution in [3.05, 3.63) is 39.7 Å². The molecule has 4 atom stereocenters. The second-order valence-electron chi connectivity index (χ2n) is 10.2. The van der Waals surface area contributed by atoms with E-state index < -0.39 is 52.0 Å². The van der Waals surface area contributed by atoms with Crippen molar-refractivity contribution in [2.45, 2.75) is 44.4 Å². The number of hydrogen-bond acceptors (Lipinski definition) is 10. The lowest BCUT2D eigenvalue weighted by molar-refractivity contribution is -0.147. The van der Waals surface area contributed by atoms with Gasteiger partial charge in [0.15, 0.2) is 11.4 Å². The number of nitrogens with two attached hydrogens (primary N) is 2. The Labute approximate surface area is 208 Å². The number of amides is 1. The predicted molar refractivity (Wildman–Crippen MR) is 131 cm³/mol. The Balaban J connectivity index is 1.88. The summed E-state index contributed by atoms with van der Waals surface area (Å²) in [5.74, 6) is -6.38. The number of phenols is 1. The number of phenolic OH excluding ortho intramolecular Hbond substituents is 1. The first-order chi connectivity index (χ1) is 16.8. The zero-order valence-electron chi connectivity index (χ0n) is 20.5. The largest absolute Gasteiger partial charge is 0.508 e. The third kappa shape index (κ3) is 3.74. The van der Waals surface area contributed by atoms with Crippen LogP contribution in [0.2, 0.25) is 0 Å². The number of Topliss-reactive ketones (excluding diaryl/α,β-unsaturated/α-hetero) is 2. The molecule has 4 rings (SSSR count). The summed E-state index contributed by atoms with van der Waals surface area (Å²) >= 11 is 0. The van der Waals surface area contributed by atoms with Crippen LogP contribution in [0.5, 0.6) is 5.75 Å². The highest BCUT2D eigenvalue weighted by Gasteiger charge is 2.60. The van der Waals surface area contributed by atoms with Crippen LogP contribution in [0.1, 0.15) is 36.5 Å². The average Bonchev–Trinajstić information content (AvgIpc) is 2.77. The molecule has 3 aliphatic rings. The van der Waals surface area contributed by atoms with Crippen LogP contribution >= 0.6 is 0 Å². The third-order valence-corrected chi connectivity index (χ3v) is 7.38. The van der Waals surface area contributed by atoms with E-state index in [-0.39, 0.29) is 48.7 Å². The fourth-order valence-electron chi connectivity index (χ4n) is 5.69. The fourth-order valence-corrected chi connectivity index (χ4v) is 5.69. The van der Waals surface area contributed by atoms with Gasteiger partial charge in [-0.3, -0.25) is 14.4 Å². The van der Waals surface area contributed by atoms with Crippen LogP contribution in [0.4, 0.5) is 5.69 Å². The molecule has 36 heavy (non-hydrogen) atoms. The van der Waals surface area contributed by atoms with E-state index in [1.165, 1.54) is 0 Å². The molecule has 0 saturated heterocycles. The normalized spacial score (nSPS) is 26.4. The number of anilines is 1. The molecule has 0 aromatic heterocycles. The molecule has 1 fully saturated rings. The minimum Gasteiger partial charge on any atom is -0.508 e. The van der Waals surface area contributed by atoms with Gasteiger partial charge in [0.2, 0.25) is 5.78 Å². The second-order valence-corrected chi connectivity index (χ2v) is 10.2. The molecule has 11 heteroatoms. The highest BCUT2D eigenvalue weighted by atomic mass is 16.3. The van der Waals surface area contributed by atoms with Gasteiger partial charge in [-0.2, -0.15) is 0 Å². The highest BCUT2D eigenvalue weighted by molar-refractivity contribution is 6.22. The summed E-state index contributed by atoms with van der Waals surface area (Å²) in [6.07, 6.45) is -0.00478. The van der Waals surface area contributed by atoms with Crippen molar-refractivity contribution in [3.8, 4) is 5.75 Å². The van der Waals surface area contributed by atoms with E-state index in [9.17, 15) is 34.8 Å².